The lowest BCUT2D eigenvalue weighted by atomic mass is 10.2. The van der Waals surface area contributed by atoms with Gasteiger partial charge in [0.25, 0.3) is 0 Å². The average molecular weight is 331 g/mol. The second kappa shape index (κ2) is 6.24. The Labute approximate surface area is 129 Å². The van der Waals surface area contributed by atoms with Crippen LogP contribution in [-0.4, -0.2) is 33.8 Å². The van der Waals surface area contributed by atoms with Crippen molar-refractivity contribution >= 4 is 16.7 Å². The van der Waals surface area contributed by atoms with Crippen molar-refractivity contribution in [3.05, 3.63) is 41.3 Å². The lowest BCUT2D eigenvalue weighted by Crippen LogP contribution is -2.44. The van der Waals surface area contributed by atoms with Crippen molar-refractivity contribution in [2.24, 2.45) is 0 Å². The first kappa shape index (κ1) is 16.7. The molecule has 3 nitrogen and oxygen atoms in total. The number of hydrogen-bond acceptors (Lipinski definition) is 2. The maximum Gasteiger partial charge on any atom is 0.471 e. The Morgan fingerprint density at radius 2 is 1.91 bits per heavy atom. The maximum absolute atomic E-state index is 12.6. The van der Waals surface area contributed by atoms with Gasteiger partial charge in [-0.2, -0.15) is 13.2 Å². The molecule has 0 aromatic heterocycles. The van der Waals surface area contributed by atoms with Gasteiger partial charge in [-0.1, -0.05) is 24.3 Å². The predicted octanol–water partition coefficient (Wildman–Crippen LogP) is 3.17. The fourth-order valence-electron chi connectivity index (χ4n) is 2.44. The summed E-state index contributed by atoms with van der Waals surface area (Å²) in [4.78, 5) is 12.8. The van der Waals surface area contributed by atoms with Gasteiger partial charge in [0.1, 0.15) is 0 Å². The number of alkyl halides is 3. The van der Waals surface area contributed by atoms with Crippen molar-refractivity contribution in [2.45, 2.75) is 36.9 Å². The van der Waals surface area contributed by atoms with Gasteiger partial charge >= 0.3 is 12.1 Å². The van der Waals surface area contributed by atoms with E-state index < -0.39 is 28.9 Å². The molecule has 1 fully saturated rings. The van der Waals surface area contributed by atoms with Crippen molar-refractivity contribution in [1.29, 1.82) is 0 Å². The summed E-state index contributed by atoms with van der Waals surface area (Å²) in [5.74, 6) is -1.89. The molecular weight excluding hydrogens is 315 g/mol. The molecule has 2 atom stereocenters. The van der Waals surface area contributed by atoms with Crippen LogP contribution in [0.1, 0.15) is 18.4 Å². The van der Waals surface area contributed by atoms with Gasteiger partial charge in [-0.3, -0.25) is 4.79 Å². The van der Waals surface area contributed by atoms with E-state index in [1.54, 1.807) is 24.3 Å². The highest BCUT2D eigenvalue weighted by atomic mass is 32.2. The summed E-state index contributed by atoms with van der Waals surface area (Å²) in [7, 11) is -1.65. The standard InChI is InChI=1S/C15H16F3NO2S/c1-10-5-7-12(8-6-10)22(21)11(2)13-4-3-9-19(13)14(20)15(16,17)18/h5-8,13H,2-4,9H2,1H3/t13-,22?/m0/s1. The molecule has 1 aromatic rings. The SMILES string of the molecule is C=C([C@@H]1CCCN1C(=O)C(F)(F)F)S(=O)c1ccc(C)cc1. The minimum Gasteiger partial charge on any atom is -0.327 e. The topological polar surface area (TPSA) is 37.4 Å². The molecule has 1 unspecified atom stereocenters. The predicted molar refractivity (Wildman–Crippen MR) is 77.5 cm³/mol. The smallest absolute Gasteiger partial charge is 0.327 e. The van der Waals surface area contributed by atoms with Gasteiger partial charge in [0.05, 0.1) is 16.8 Å². The van der Waals surface area contributed by atoms with Crippen molar-refractivity contribution in [1.82, 2.24) is 4.90 Å². The number of carbonyl (C=O) groups excluding carboxylic acids is 1. The number of benzene rings is 1. The van der Waals surface area contributed by atoms with E-state index in [2.05, 4.69) is 6.58 Å². The van der Waals surface area contributed by atoms with E-state index in [0.717, 1.165) is 10.5 Å². The summed E-state index contributed by atoms with van der Waals surface area (Å²) >= 11 is 0. The Morgan fingerprint density at radius 3 is 2.45 bits per heavy atom. The molecule has 1 heterocycles. The van der Waals surface area contributed by atoms with Gasteiger partial charge in [-0.15, -0.1) is 0 Å². The molecule has 1 aliphatic heterocycles. The molecule has 0 bridgehead atoms. The first-order chi connectivity index (χ1) is 10.2. The number of aryl methyl sites for hydroxylation is 1. The lowest BCUT2D eigenvalue weighted by Gasteiger charge is -2.26. The molecule has 2 rings (SSSR count). The normalized spacial score (nSPS) is 20.0. The van der Waals surface area contributed by atoms with E-state index in [1.807, 2.05) is 6.92 Å². The van der Waals surface area contributed by atoms with Crippen LogP contribution in [0.4, 0.5) is 13.2 Å². The highest BCUT2D eigenvalue weighted by Gasteiger charge is 2.47. The quantitative estimate of drug-likeness (QED) is 0.853. The second-order valence-corrected chi connectivity index (χ2v) is 6.74. The molecule has 0 aliphatic carbocycles. The van der Waals surface area contributed by atoms with Crippen molar-refractivity contribution in [3.8, 4) is 0 Å². The summed E-state index contributed by atoms with van der Waals surface area (Å²) in [5, 5.41) is 0. The summed E-state index contributed by atoms with van der Waals surface area (Å²) in [6, 6.07) is 6.01. The fraction of sp³-hybridized carbons (Fsp3) is 0.400. The molecule has 0 N–H and O–H groups in total. The van der Waals surface area contributed by atoms with Gasteiger partial charge in [-0.25, -0.2) is 4.21 Å². The Kier molecular flexibility index (Phi) is 4.75. The monoisotopic (exact) mass is 331 g/mol. The molecule has 0 spiro atoms. The van der Waals surface area contributed by atoms with Crippen LogP contribution in [0.5, 0.6) is 0 Å². The molecule has 1 amide bonds. The Bertz CT molecular complexity index is 610. The molecule has 7 heteroatoms. The summed E-state index contributed by atoms with van der Waals surface area (Å²) in [5.41, 5.74) is 0.987. The summed E-state index contributed by atoms with van der Waals surface area (Å²) in [6.07, 6.45) is -4.14. The Balaban J connectivity index is 2.19. The van der Waals surface area contributed by atoms with E-state index in [0.29, 0.717) is 17.7 Å². The molecule has 1 aromatic carbocycles. The van der Waals surface area contributed by atoms with Crippen LogP contribution in [0.2, 0.25) is 0 Å². The van der Waals surface area contributed by atoms with Crippen LogP contribution in [0.25, 0.3) is 0 Å². The van der Waals surface area contributed by atoms with Crippen LogP contribution < -0.4 is 0 Å². The molecular formula is C15H16F3NO2S. The van der Waals surface area contributed by atoms with Crippen molar-refractivity contribution in [2.75, 3.05) is 6.54 Å². The third kappa shape index (κ3) is 3.40. The number of likely N-dealkylation sites (tertiary alicyclic amines) is 1. The minimum absolute atomic E-state index is 0.00707. The van der Waals surface area contributed by atoms with Crippen molar-refractivity contribution in [3.63, 3.8) is 0 Å². The van der Waals surface area contributed by atoms with Crippen LogP contribution in [0.3, 0.4) is 0 Å². The average Bonchev–Trinajstić information content (AvgIpc) is 2.93. The second-order valence-electron chi connectivity index (χ2n) is 5.20. The van der Waals surface area contributed by atoms with Crippen LogP contribution in [0.15, 0.2) is 40.6 Å². The van der Waals surface area contributed by atoms with Gasteiger partial charge in [0.15, 0.2) is 0 Å². The van der Waals surface area contributed by atoms with E-state index in [1.165, 1.54) is 0 Å². The molecule has 1 aliphatic rings. The number of nitrogens with zero attached hydrogens (tertiary/aromatic N) is 1. The van der Waals surface area contributed by atoms with Gasteiger partial charge in [0.2, 0.25) is 0 Å². The number of amides is 1. The highest BCUT2D eigenvalue weighted by molar-refractivity contribution is 7.89. The third-order valence-electron chi connectivity index (χ3n) is 3.60. The van der Waals surface area contributed by atoms with Gasteiger partial charge < -0.3 is 4.90 Å². The van der Waals surface area contributed by atoms with Crippen LogP contribution in [-0.2, 0) is 15.6 Å². The van der Waals surface area contributed by atoms with E-state index in [9.17, 15) is 22.2 Å². The molecule has 120 valence electrons. The first-order valence-electron chi connectivity index (χ1n) is 6.77. The molecule has 22 heavy (non-hydrogen) atoms. The van der Waals surface area contributed by atoms with Crippen LogP contribution >= 0.6 is 0 Å². The summed E-state index contributed by atoms with van der Waals surface area (Å²) in [6.45, 7) is 5.57. The number of rotatable bonds is 3. The van der Waals surface area contributed by atoms with E-state index >= 15 is 0 Å². The number of hydrogen-bond donors (Lipinski definition) is 0. The zero-order valence-corrected chi connectivity index (χ0v) is 12.8. The molecule has 1 saturated heterocycles. The van der Waals surface area contributed by atoms with Gasteiger partial charge in [0, 0.05) is 16.3 Å². The van der Waals surface area contributed by atoms with E-state index in [4.69, 9.17) is 0 Å². The maximum atomic E-state index is 12.6. The largest absolute Gasteiger partial charge is 0.471 e. The molecule has 0 radical (unpaired) electrons. The molecule has 0 saturated carbocycles. The highest BCUT2D eigenvalue weighted by Crippen LogP contribution is 2.31. The Hall–Kier alpha value is -1.63. The fourth-order valence-corrected chi connectivity index (χ4v) is 3.62. The van der Waals surface area contributed by atoms with Crippen LogP contribution in [0, 0.1) is 6.92 Å². The van der Waals surface area contributed by atoms with Crippen molar-refractivity contribution < 1.29 is 22.2 Å². The minimum atomic E-state index is -4.92. The Morgan fingerprint density at radius 1 is 1.32 bits per heavy atom. The lowest BCUT2D eigenvalue weighted by molar-refractivity contribution is -0.185. The van der Waals surface area contributed by atoms with Gasteiger partial charge in [-0.05, 0) is 31.9 Å². The zero-order valence-electron chi connectivity index (χ0n) is 12.0. The van der Waals surface area contributed by atoms with E-state index in [-0.39, 0.29) is 11.4 Å². The summed E-state index contributed by atoms with van der Waals surface area (Å²) < 4.78 is 50.3. The first-order valence-corrected chi connectivity index (χ1v) is 7.92. The number of halogens is 3. The third-order valence-corrected chi connectivity index (χ3v) is 5.05. The zero-order chi connectivity index (χ0) is 16.5. The number of carbonyl (C=O) groups is 1.